The molecule has 0 aliphatic carbocycles. The Morgan fingerprint density at radius 3 is 2.56 bits per heavy atom. The molecule has 84 valence electrons. The van der Waals surface area contributed by atoms with Crippen molar-refractivity contribution < 1.29 is 4.74 Å². The van der Waals surface area contributed by atoms with Crippen LogP contribution >= 0.6 is 0 Å². The molecule has 0 saturated carbocycles. The van der Waals surface area contributed by atoms with Crippen molar-refractivity contribution in [2.75, 3.05) is 6.54 Å². The summed E-state index contributed by atoms with van der Waals surface area (Å²) in [5, 5.41) is 4.03. The van der Waals surface area contributed by atoms with Gasteiger partial charge in [0, 0.05) is 7.05 Å². The normalized spacial score (nSPS) is 10.4. The summed E-state index contributed by atoms with van der Waals surface area (Å²) in [5.74, 6) is 1.56. The van der Waals surface area contributed by atoms with Gasteiger partial charge in [-0.2, -0.15) is 5.10 Å². The van der Waals surface area contributed by atoms with Crippen LogP contribution in [0.1, 0.15) is 5.56 Å². The number of aromatic nitrogens is 2. The van der Waals surface area contributed by atoms with Gasteiger partial charge in [-0.15, -0.1) is 0 Å². The van der Waals surface area contributed by atoms with Crippen LogP contribution in [0.4, 0.5) is 0 Å². The van der Waals surface area contributed by atoms with E-state index in [0.29, 0.717) is 6.54 Å². The van der Waals surface area contributed by atoms with Crippen molar-refractivity contribution in [3.8, 4) is 11.5 Å². The lowest BCUT2D eigenvalue weighted by Gasteiger charge is -2.03. The molecule has 0 atom stereocenters. The summed E-state index contributed by atoms with van der Waals surface area (Å²) < 4.78 is 7.32. The maximum atomic E-state index is 5.62. The summed E-state index contributed by atoms with van der Waals surface area (Å²) in [6.07, 6.45) is 4.41. The second kappa shape index (κ2) is 4.81. The van der Waals surface area contributed by atoms with Crippen molar-refractivity contribution in [1.29, 1.82) is 0 Å². The molecule has 0 aliphatic rings. The van der Waals surface area contributed by atoms with E-state index in [1.54, 1.807) is 10.9 Å². The Labute approximate surface area is 94.6 Å². The zero-order chi connectivity index (χ0) is 11.4. The first-order chi connectivity index (χ1) is 7.78. The van der Waals surface area contributed by atoms with Crippen LogP contribution in [0.15, 0.2) is 36.7 Å². The molecule has 1 heterocycles. The van der Waals surface area contributed by atoms with Crippen LogP contribution < -0.4 is 10.5 Å². The van der Waals surface area contributed by atoms with E-state index in [1.165, 1.54) is 5.56 Å². The van der Waals surface area contributed by atoms with Gasteiger partial charge in [0.1, 0.15) is 5.75 Å². The van der Waals surface area contributed by atoms with Crippen LogP contribution in [0, 0.1) is 0 Å². The third-order valence-electron chi connectivity index (χ3n) is 2.27. The monoisotopic (exact) mass is 217 g/mol. The summed E-state index contributed by atoms with van der Waals surface area (Å²) in [7, 11) is 1.86. The Hall–Kier alpha value is -1.81. The van der Waals surface area contributed by atoms with Gasteiger partial charge in [-0.1, -0.05) is 12.1 Å². The molecule has 0 saturated heterocycles. The lowest BCUT2D eigenvalue weighted by Crippen LogP contribution is -2.02. The van der Waals surface area contributed by atoms with Crippen molar-refractivity contribution >= 4 is 0 Å². The summed E-state index contributed by atoms with van der Waals surface area (Å²) in [5.41, 5.74) is 6.71. The van der Waals surface area contributed by atoms with E-state index in [0.717, 1.165) is 17.9 Å². The number of hydrogen-bond donors (Lipinski definition) is 1. The standard InChI is InChI=1S/C12H15N3O/c1-15-9-12(8-14-15)16-11-4-2-10(3-5-11)6-7-13/h2-5,8-9H,6-7,13H2,1H3. The topological polar surface area (TPSA) is 53.1 Å². The van der Waals surface area contributed by atoms with Gasteiger partial charge in [-0.25, -0.2) is 0 Å². The number of aryl methyl sites for hydroxylation is 1. The highest BCUT2D eigenvalue weighted by Crippen LogP contribution is 2.20. The fourth-order valence-corrected chi connectivity index (χ4v) is 1.48. The molecule has 0 spiro atoms. The van der Waals surface area contributed by atoms with E-state index in [2.05, 4.69) is 5.10 Å². The quantitative estimate of drug-likeness (QED) is 0.848. The molecule has 0 bridgehead atoms. The third-order valence-corrected chi connectivity index (χ3v) is 2.27. The van der Waals surface area contributed by atoms with Crippen LogP contribution in [0.25, 0.3) is 0 Å². The number of hydrogen-bond acceptors (Lipinski definition) is 3. The second-order valence-corrected chi connectivity index (χ2v) is 3.63. The lowest BCUT2D eigenvalue weighted by atomic mass is 10.1. The maximum absolute atomic E-state index is 5.62. The molecule has 0 amide bonds. The van der Waals surface area contributed by atoms with Gasteiger partial charge in [0.2, 0.25) is 0 Å². The Balaban J connectivity index is 2.05. The number of ether oxygens (including phenoxy) is 1. The number of nitrogens with zero attached hydrogens (tertiary/aromatic N) is 2. The first-order valence-electron chi connectivity index (χ1n) is 5.23. The number of benzene rings is 1. The number of nitrogens with two attached hydrogens (primary N) is 1. The highest BCUT2D eigenvalue weighted by molar-refractivity contribution is 5.31. The van der Waals surface area contributed by atoms with Crippen LogP contribution in [-0.4, -0.2) is 16.3 Å². The van der Waals surface area contributed by atoms with Crippen LogP contribution in [0.5, 0.6) is 11.5 Å². The van der Waals surface area contributed by atoms with Gasteiger partial charge in [0.25, 0.3) is 0 Å². The zero-order valence-electron chi connectivity index (χ0n) is 9.26. The number of rotatable bonds is 4. The molecule has 4 heteroatoms. The summed E-state index contributed by atoms with van der Waals surface area (Å²) in [6, 6.07) is 7.94. The summed E-state index contributed by atoms with van der Waals surface area (Å²) in [6.45, 7) is 0.669. The van der Waals surface area contributed by atoms with Crippen molar-refractivity contribution in [1.82, 2.24) is 9.78 Å². The van der Waals surface area contributed by atoms with Gasteiger partial charge < -0.3 is 10.5 Å². The minimum atomic E-state index is 0.669. The van der Waals surface area contributed by atoms with Gasteiger partial charge in [-0.3, -0.25) is 4.68 Å². The van der Waals surface area contributed by atoms with Crippen LogP contribution in [0.2, 0.25) is 0 Å². The summed E-state index contributed by atoms with van der Waals surface area (Å²) >= 11 is 0. The fraction of sp³-hybridized carbons (Fsp3) is 0.250. The molecule has 0 radical (unpaired) electrons. The lowest BCUT2D eigenvalue weighted by molar-refractivity contribution is 0.482. The van der Waals surface area contributed by atoms with Gasteiger partial charge in [-0.05, 0) is 30.7 Å². The molecular formula is C12H15N3O. The van der Waals surface area contributed by atoms with Crippen molar-refractivity contribution in [2.24, 2.45) is 12.8 Å². The van der Waals surface area contributed by atoms with Crippen LogP contribution in [0.3, 0.4) is 0 Å². The van der Waals surface area contributed by atoms with E-state index >= 15 is 0 Å². The first-order valence-corrected chi connectivity index (χ1v) is 5.23. The molecule has 2 aromatic rings. The average Bonchev–Trinajstić information content (AvgIpc) is 2.67. The summed E-state index contributed by atoms with van der Waals surface area (Å²) in [4.78, 5) is 0. The largest absolute Gasteiger partial charge is 0.454 e. The van der Waals surface area contributed by atoms with E-state index in [1.807, 2.05) is 37.5 Å². The Bertz CT molecular complexity index is 448. The average molecular weight is 217 g/mol. The molecule has 0 aliphatic heterocycles. The highest BCUT2D eigenvalue weighted by Gasteiger charge is 1.99. The Kier molecular flexibility index (Phi) is 3.22. The third kappa shape index (κ3) is 2.61. The fourth-order valence-electron chi connectivity index (χ4n) is 1.48. The van der Waals surface area contributed by atoms with Crippen molar-refractivity contribution in [3.63, 3.8) is 0 Å². The molecule has 4 nitrogen and oxygen atoms in total. The molecule has 1 aromatic heterocycles. The predicted octanol–water partition coefficient (Wildman–Crippen LogP) is 1.71. The maximum Gasteiger partial charge on any atom is 0.165 e. The SMILES string of the molecule is Cn1cc(Oc2ccc(CCN)cc2)cn1. The molecule has 0 unspecified atom stereocenters. The van der Waals surface area contributed by atoms with Gasteiger partial charge in [0.05, 0.1) is 12.4 Å². The van der Waals surface area contributed by atoms with Crippen LogP contribution in [-0.2, 0) is 13.5 Å². The van der Waals surface area contributed by atoms with E-state index in [4.69, 9.17) is 10.5 Å². The molecule has 1 aromatic carbocycles. The molecule has 0 fully saturated rings. The minimum absolute atomic E-state index is 0.669. The van der Waals surface area contributed by atoms with Gasteiger partial charge >= 0.3 is 0 Å². The molecular weight excluding hydrogens is 202 g/mol. The minimum Gasteiger partial charge on any atom is -0.454 e. The van der Waals surface area contributed by atoms with E-state index < -0.39 is 0 Å². The van der Waals surface area contributed by atoms with Crippen molar-refractivity contribution in [3.05, 3.63) is 42.2 Å². The molecule has 16 heavy (non-hydrogen) atoms. The Morgan fingerprint density at radius 2 is 2.00 bits per heavy atom. The van der Waals surface area contributed by atoms with E-state index in [-0.39, 0.29) is 0 Å². The van der Waals surface area contributed by atoms with Gasteiger partial charge in [0.15, 0.2) is 5.75 Å². The second-order valence-electron chi connectivity index (χ2n) is 3.63. The zero-order valence-corrected chi connectivity index (χ0v) is 9.26. The van der Waals surface area contributed by atoms with E-state index in [9.17, 15) is 0 Å². The predicted molar refractivity (Wildman–Crippen MR) is 62.5 cm³/mol. The smallest absolute Gasteiger partial charge is 0.165 e. The Morgan fingerprint density at radius 1 is 1.25 bits per heavy atom. The molecule has 2 N–H and O–H groups in total. The molecule has 2 rings (SSSR count). The van der Waals surface area contributed by atoms with Crippen molar-refractivity contribution in [2.45, 2.75) is 6.42 Å². The highest BCUT2D eigenvalue weighted by atomic mass is 16.5. The first kappa shape index (κ1) is 10.7.